The number of aromatic nitrogens is 1. The van der Waals surface area contributed by atoms with Crippen LogP contribution in [0.1, 0.15) is 18.4 Å². The minimum absolute atomic E-state index is 0.0575. The van der Waals surface area contributed by atoms with Gasteiger partial charge < -0.3 is 0 Å². The number of carbonyl (C=O) groups excluding carboxylic acids is 1. The van der Waals surface area contributed by atoms with E-state index >= 15 is 0 Å². The van der Waals surface area contributed by atoms with Gasteiger partial charge in [-0.05, 0) is 35.9 Å². The largest absolute Gasteiger partial charge is 0.272 e. The van der Waals surface area contributed by atoms with Crippen LogP contribution in [0.25, 0.3) is 10.2 Å². The van der Waals surface area contributed by atoms with Crippen LogP contribution in [-0.2, 0) is 4.79 Å². The van der Waals surface area contributed by atoms with Crippen molar-refractivity contribution in [1.82, 2.24) is 4.98 Å². The molecule has 2 heterocycles. The molecule has 7 heteroatoms. The van der Waals surface area contributed by atoms with Crippen LogP contribution in [0.15, 0.2) is 47.6 Å². The van der Waals surface area contributed by atoms with E-state index in [1.165, 1.54) is 16.3 Å². The molecule has 0 N–H and O–H groups in total. The predicted octanol–water partition coefficient (Wildman–Crippen LogP) is 5.13. The molecular weight excluding hydrogens is 365 g/mol. The summed E-state index contributed by atoms with van der Waals surface area (Å²) in [6, 6.07) is 12.9. The molecule has 0 saturated heterocycles. The zero-order valence-corrected chi connectivity index (χ0v) is 14.7. The number of nitrogens with zero attached hydrogens (tertiary/aromatic N) is 3. The molecule has 120 valence electrons. The molecule has 4 rings (SSSR count). The molecule has 24 heavy (non-hydrogen) atoms. The number of thiazole rings is 1. The summed E-state index contributed by atoms with van der Waals surface area (Å²) >= 11 is 13.4. The third-order valence-electron chi connectivity index (χ3n) is 3.73. The minimum atomic E-state index is -0.0575. The van der Waals surface area contributed by atoms with Crippen molar-refractivity contribution in [3.05, 3.63) is 58.1 Å². The molecular formula is C17H11Cl2N3OS. The van der Waals surface area contributed by atoms with Gasteiger partial charge in [0.1, 0.15) is 0 Å². The lowest BCUT2D eigenvalue weighted by atomic mass is 10.0. The second-order valence-electron chi connectivity index (χ2n) is 5.37. The smallest absolute Gasteiger partial charge is 0.249 e. The summed E-state index contributed by atoms with van der Waals surface area (Å²) in [5, 5.41) is 7.80. The average molecular weight is 376 g/mol. The van der Waals surface area contributed by atoms with Gasteiger partial charge in [-0.2, -0.15) is 10.1 Å². The summed E-state index contributed by atoms with van der Waals surface area (Å²) in [6.45, 7) is 0. The predicted molar refractivity (Wildman–Crippen MR) is 99.3 cm³/mol. The number of carbonyl (C=O) groups is 1. The minimum Gasteiger partial charge on any atom is -0.272 e. The van der Waals surface area contributed by atoms with E-state index in [-0.39, 0.29) is 5.91 Å². The van der Waals surface area contributed by atoms with Crippen molar-refractivity contribution in [2.45, 2.75) is 12.8 Å². The third kappa shape index (κ3) is 2.90. The van der Waals surface area contributed by atoms with Crippen molar-refractivity contribution in [3.63, 3.8) is 0 Å². The van der Waals surface area contributed by atoms with E-state index in [4.69, 9.17) is 23.2 Å². The van der Waals surface area contributed by atoms with Crippen molar-refractivity contribution >= 4 is 61.5 Å². The van der Waals surface area contributed by atoms with Gasteiger partial charge in [0.15, 0.2) is 0 Å². The molecule has 1 amide bonds. The van der Waals surface area contributed by atoms with Crippen molar-refractivity contribution in [1.29, 1.82) is 0 Å². The molecule has 3 aromatic rings. The molecule has 0 saturated carbocycles. The maximum atomic E-state index is 12.3. The SMILES string of the molecule is O=C1CCC(c2ccc(Cl)cc2)=NN1c1nc2ccc(Cl)cc2s1. The van der Waals surface area contributed by atoms with Crippen LogP contribution in [0.2, 0.25) is 10.0 Å². The van der Waals surface area contributed by atoms with Gasteiger partial charge in [-0.1, -0.05) is 46.7 Å². The Balaban J connectivity index is 1.75. The fraction of sp³-hybridized carbons (Fsp3) is 0.118. The van der Waals surface area contributed by atoms with Crippen LogP contribution in [0.5, 0.6) is 0 Å². The van der Waals surface area contributed by atoms with Gasteiger partial charge in [-0.15, -0.1) is 0 Å². The van der Waals surface area contributed by atoms with Gasteiger partial charge in [-0.25, -0.2) is 4.98 Å². The zero-order chi connectivity index (χ0) is 16.7. The van der Waals surface area contributed by atoms with Gasteiger partial charge in [0.2, 0.25) is 11.0 Å². The zero-order valence-electron chi connectivity index (χ0n) is 12.4. The quantitative estimate of drug-likeness (QED) is 0.622. The van der Waals surface area contributed by atoms with E-state index in [0.717, 1.165) is 21.5 Å². The molecule has 0 atom stereocenters. The van der Waals surface area contributed by atoms with Crippen LogP contribution in [0.4, 0.5) is 5.13 Å². The lowest BCUT2D eigenvalue weighted by Crippen LogP contribution is -2.31. The summed E-state index contributed by atoms with van der Waals surface area (Å²) in [7, 11) is 0. The highest BCUT2D eigenvalue weighted by molar-refractivity contribution is 7.22. The Bertz CT molecular complexity index is 966. The van der Waals surface area contributed by atoms with Gasteiger partial charge in [0.05, 0.1) is 15.9 Å². The van der Waals surface area contributed by atoms with E-state index in [1.54, 1.807) is 6.07 Å². The Morgan fingerprint density at radius 1 is 1.00 bits per heavy atom. The molecule has 0 unspecified atom stereocenters. The van der Waals surface area contributed by atoms with Gasteiger partial charge >= 0.3 is 0 Å². The van der Waals surface area contributed by atoms with E-state index in [9.17, 15) is 4.79 Å². The Morgan fingerprint density at radius 2 is 1.75 bits per heavy atom. The Hall–Kier alpha value is -1.95. The van der Waals surface area contributed by atoms with Crippen molar-refractivity contribution < 1.29 is 4.79 Å². The van der Waals surface area contributed by atoms with E-state index in [1.807, 2.05) is 36.4 Å². The molecule has 1 aliphatic rings. The molecule has 0 bridgehead atoms. The topological polar surface area (TPSA) is 45.6 Å². The monoisotopic (exact) mass is 375 g/mol. The average Bonchev–Trinajstić information content (AvgIpc) is 2.99. The first-order chi connectivity index (χ1) is 11.6. The Kier molecular flexibility index (Phi) is 4.00. The maximum absolute atomic E-state index is 12.3. The number of anilines is 1. The van der Waals surface area contributed by atoms with Gasteiger partial charge in [0.25, 0.3) is 0 Å². The number of fused-ring (bicyclic) bond motifs is 1. The third-order valence-corrected chi connectivity index (χ3v) is 5.21. The van der Waals surface area contributed by atoms with E-state index < -0.39 is 0 Å². The van der Waals surface area contributed by atoms with Crippen LogP contribution >= 0.6 is 34.5 Å². The summed E-state index contributed by atoms with van der Waals surface area (Å²) in [5.74, 6) is -0.0575. The molecule has 0 fully saturated rings. The summed E-state index contributed by atoms with van der Waals surface area (Å²) in [5.41, 5.74) is 2.62. The number of hydrogen-bond acceptors (Lipinski definition) is 4. The standard InChI is InChI=1S/C17H11Cl2N3OS/c18-11-3-1-10(2-4-11)13-7-8-16(23)22(21-13)17-20-14-6-5-12(19)9-15(14)24-17/h1-6,9H,7-8H2. The lowest BCUT2D eigenvalue weighted by Gasteiger charge is -2.21. The van der Waals surface area contributed by atoms with Crippen molar-refractivity contribution in [2.24, 2.45) is 5.10 Å². The number of rotatable bonds is 2. The van der Waals surface area contributed by atoms with Crippen LogP contribution in [0.3, 0.4) is 0 Å². The highest BCUT2D eigenvalue weighted by atomic mass is 35.5. The highest BCUT2D eigenvalue weighted by Gasteiger charge is 2.25. The van der Waals surface area contributed by atoms with Gasteiger partial charge in [-0.3, -0.25) is 4.79 Å². The first-order valence-corrected chi connectivity index (χ1v) is 8.90. The fourth-order valence-electron chi connectivity index (χ4n) is 2.53. The number of amides is 1. The Labute approximate surface area is 152 Å². The molecule has 1 aliphatic heterocycles. The summed E-state index contributed by atoms with van der Waals surface area (Å²) in [6.07, 6.45) is 1.01. The normalized spacial score (nSPS) is 15.0. The first-order valence-electron chi connectivity index (χ1n) is 7.32. The molecule has 0 spiro atoms. The maximum Gasteiger partial charge on any atom is 0.249 e. The van der Waals surface area contributed by atoms with E-state index in [2.05, 4.69) is 10.1 Å². The second-order valence-corrected chi connectivity index (χ2v) is 7.25. The van der Waals surface area contributed by atoms with Crippen molar-refractivity contribution in [2.75, 3.05) is 5.01 Å². The fourth-order valence-corrected chi connectivity index (χ4v) is 3.87. The van der Waals surface area contributed by atoms with E-state index in [0.29, 0.717) is 28.0 Å². The molecule has 2 aromatic carbocycles. The van der Waals surface area contributed by atoms with Crippen LogP contribution in [0, 0.1) is 0 Å². The van der Waals surface area contributed by atoms with Crippen molar-refractivity contribution in [3.8, 4) is 0 Å². The number of hydrazone groups is 1. The number of benzene rings is 2. The molecule has 0 radical (unpaired) electrons. The lowest BCUT2D eigenvalue weighted by molar-refractivity contribution is -0.118. The number of hydrogen-bond donors (Lipinski definition) is 0. The molecule has 0 aliphatic carbocycles. The Morgan fingerprint density at radius 3 is 2.54 bits per heavy atom. The second kappa shape index (κ2) is 6.16. The molecule has 4 nitrogen and oxygen atoms in total. The summed E-state index contributed by atoms with van der Waals surface area (Å²) < 4.78 is 0.930. The van der Waals surface area contributed by atoms with Gasteiger partial charge in [0, 0.05) is 22.9 Å². The van der Waals surface area contributed by atoms with Crippen LogP contribution in [-0.4, -0.2) is 16.6 Å². The summed E-state index contributed by atoms with van der Waals surface area (Å²) in [4.78, 5) is 16.8. The number of halogens is 2. The van der Waals surface area contributed by atoms with Crippen LogP contribution < -0.4 is 5.01 Å². The molecule has 1 aromatic heterocycles. The highest BCUT2D eigenvalue weighted by Crippen LogP contribution is 2.32. The first kappa shape index (κ1) is 15.6.